The van der Waals surface area contributed by atoms with Crippen LogP contribution < -0.4 is 0 Å². The predicted octanol–water partition coefficient (Wildman–Crippen LogP) is 4.93. The Morgan fingerprint density at radius 2 is 1.79 bits per heavy atom. The summed E-state index contributed by atoms with van der Waals surface area (Å²) in [5, 5.41) is 0. The van der Waals surface area contributed by atoms with E-state index in [-0.39, 0.29) is 11.9 Å². The SMILES string of the molecule is [CH3][Sn]([CH3])([CH3])[C]1=CC2(COC1)OC[C@H](c1ccc(F)cc1)N2Cc1ccccc1. The van der Waals surface area contributed by atoms with Crippen molar-refractivity contribution >= 4 is 18.4 Å². The Kier molecular flexibility index (Phi) is 5.66. The second-order valence-corrected chi connectivity index (χ2v) is 23.4. The van der Waals surface area contributed by atoms with Gasteiger partial charge in [-0.3, -0.25) is 0 Å². The van der Waals surface area contributed by atoms with Gasteiger partial charge in [-0.2, -0.15) is 0 Å². The van der Waals surface area contributed by atoms with Gasteiger partial charge in [0.1, 0.15) is 0 Å². The van der Waals surface area contributed by atoms with Crippen molar-refractivity contribution in [3.8, 4) is 0 Å². The zero-order valence-electron chi connectivity index (χ0n) is 16.8. The molecule has 0 saturated carbocycles. The number of hydrogen-bond acceptors (Lipinski definition) is 3. The van der Waals surface area contributed by atoms with Gasteiger partial charge in [-0.25, -0.2) is 0 Å². The van der Waals surface area contributed by atoms with Gasteiger partial charge in [-0.15, -0.1) is 0 Å². The van der Waals surface area contributed by atoms with E-state index >= 15 is 0 Å². The minimum absolute atomic E-state index is 0.0650. The first-order valence-electron chi connectivity index (χ1n) is 9.87. The molecular formula is C23H28FNO2Sn. The summed E-state index contributed by atoms with van der Waals surface area (Å²) in [6, 6.07) is 17.3. The molecule has 0 aromatic heterocycles. The summed E-state index contributed by atoms with van der Waals surface area (Å²) < 4.78 is 27.5. The van der Waals surface area contributed by atoms with E-state index in [0.29, 0.717) is 13.2 Å². The molecule has 28 heavy (non-hydrogen) atoms. The summed E-state index contributed by atoms with van der Waals surface area (Å²) in [6.07, 6.45) is 2.36. The van der Waals surface area contributed by atoms with Crippen LogP contribution in [0.5, 0.6) is 0 Å². The molecule has 1 spiro atoms. The van der Waals surface area contributed by atoms with E-state index in [1.165, 1.54) is 21.3 Å². The van der Waals surface area contributed by atoms with Crippen LogP contribution in [0.1, 0.15) is 17.2 Å². The second-order valence-electron chi connectivity index (χ2n) is 8.75. The van der Waals surface area contributed by atoms with Gasteiger partial charge in [0.25, 0.3) is 0 Å². The minimum atomic E-state index is -2.28. The number of halogens is 1. The maximum absolute atomic E-state index is 13.5. The van der Waals surface area contributed by atoms with Crippen LogP contribution in [-0.4, -0.2) is 48.8 Å². The van der Waals surface area contributed by atoms with Crippen molar-refractivity contribution in [2.24, 2.45) is 0 Å². The number of nitrogens with zero attached hydrogens (tertiary/aromatic N) is 1. The van der Waals surface area contributed by atoms with E-state index in [9.17, 15) is 4.39 Å². The predicted molar refractivity (Wildman–Crippen MR) is 112 cm³/mol. The van der Waals surface area contributed by atoms with Gasteiger partial charge in [-0.1, -0.05) is 0 Å². The van der Waals surface area contributed by atoms with E-state index < -0.39 is 24.1 Å². The number of rotatable bonds is 4. The Balaban J connectivity index is 1.74. The summed E-state index contributed by atoms with van der Waals surface area (Å²) in [7, 11) is 0. The Labute approximate surface area is 171 Å². The van der Waals surface area contributed by atoms with E-state index in [4.69, 9.17) is 9.47 Å². The van der Waals surface area contributed by atoms with Crippen molar-refractivity contribution in [2.45, 2.75) is 33.1 Å². The van der Waals surface area contributed by atoms with Gasteiger partial charge in [0.05, 0.1) is 0 Å². The molecule has 148 valence electrons. The Hall–Kier alpha value is -1.21. The van der Waals surface area contributed by atoms with Crippen molar-refractivity contribution in [2.75, 3.05) is 19.8 Å². The van der Waals surface area contributed by atoms with E-state index in [1.54, 1.807) is 0 Å². The summed E-state index contributed by atoms with van der Waals surface area (Å²) in [6.45, 7) is 2.59. The molecule has 0 amide bonds. The average molecular weight is 488 g/mol. The van der Waals surface area contributed by atoms with Crippen molar-refractivity contribution in [3.05, 3.63) is 81.2 Å². The number of hydrogen-bond donors (Lipinski definition) is 0. The van der Waals surface area contributed by atoms with Crippen LogP contribution in [0.25, 0.3) is 0 Å². The van der Waals surface area contributed by atoms with E-state index in [1.807, 2.05) is 18.2 Å². The average Bonchev–Trinajstić information content (AvgIpc) is 3.00. The van der Waals surface area contributed by atoms with Crippen molar-refractivity contribution in [1.82, 2.24) is 4.90 Å². The molecule has 1 fully saturated rings. The van der Waals surface area contributed by atoms with Crippen LogP contribution in [0.2, 0.25) is 14.8 Å². The molecule has 1 saturated heterocycles. The van der Waals surface area contributed by atoms with Crippen LogP contribution in [0.4, 0.5) is 4.39 Å². The first kappa shape index (κ1) is 20.1. The third-order valence-electron chi connectivity index (χ3n) is 5.73. The monoisotopic (exact) mass is 489 g/mol. The number of benzene rings is 2. The molecule has 2 aliphatic rings. The molecule has 2 heterocycles. The summed E-state index contributed by atoms with van der Waals surface area (Å²) >= 11 is -2.28. The van der Waals surface area contributed by atoms with Crippen molar-refractivity contribution in [3.63, 3.8) is 0 Å². The first-order chi connectivity index (χ1) is 13.4. The fraction of sp³-hybridized carbons (Fsp3) is 0.391. The topological polar surface area (TPSA) is 21.7 Å². The molecule has 0 radical (unpaired) electrons. The maximum atomic E-state index is 13.5. The van der Waals surface area contributed by atoms with Crippen molar-refractivity contribution in [1.29, 1.82) is 0 Å². The molecule has 3 nitrogen and oxygen atoms in total. The summed E-state index contributed by atoms with van der Waals surface area (Å²) in [5.41, 5.74) is 1.76. The fourth-order valence-corrected chi connectivity index (χ4v) is 7.40. The Morgan fingerprint density at radius 3 is 2.46 bits per heavy atom. The van der Waals surface area contributed by atoms with Crippen LogP contribution in [0, 0.1) is 5.82 Å². The molecule has 5 heteroatoms. The molecule has 2 atom stereocenters. The van der Waals surface area contributed by atoms with Gasteiger partial charge >= 0.3 is 171 Å². The molecule has 0 aliphatic carbocycles. The molecule has 0 bridgehead atoms. The van der Waals surface area contributed by atoms with E-state index in [2.05, 4.69) is 50.1 Å². The molecule has 2 aromatic carbocycles. The molecule has 1 unspecified atom stereocenters. The van der Waals surface area contributed by atoms with Crippen LogP contribution in [-0.2, 0) is 16.0 Å². The Morgan fingerprint density at radius 1 is 1.07 bits per heavy atom. The molecule has 2 aromatic rings. The number of ether oxygens (including phenoxy) is 2. The molecule has 4 rings (SSSR count). The second kappa shape index (κ2) is 7.90. The fourth-order valence-electron chi connectivity index (χ4n) is 3.99. The van der Waals surface area contributed by atoms with Crippen LogP contribution in [0.3, 0.4) is 0 Å². The van der Waals surface area contributed by atoms with Gasteiger partial charge in [-0.05, 0) is 0 Å². The normalized spacial score (nSPS) is 25.9. The van der Waals surface area contributed by atoms with Crippen LogP contribution >= 0.6 is 0 Å². The molecule has 0 N–H and O–H groups in total. The molecular weight excluding hydrogens is 460 g/mol. The summed E-state index contributed by atoms with van der Waals surface area (Å²) in [4.78, 5) is 9.64. The van der Waals surface area contributed by atoms with Gasteiger partial charge in [0.2, 0.25) is 0 Å². The zero-order valence-corrected chi connectivity index (χ0v) is 19.7. The van der Waals surface area contributed by atoms with E-state index in [0.717, 1.165) is 18.7 Å². The zero-order chi connectivity index (χ0) is 19.8. The summed E-state index contributed by atoms with van der Waals surface area (Å²) in [5.74, 6) is -0.211. The van der Waals surface area contributed by atoms with Crippen LogP contribution in [0.15, 0.2) is 64.3 Å². The van der Waals surface area contributed by atoms with Gasteiger partial charge < -0.3 is 0 Å². The third kappa shape index (κ3) is 4.06. The standard InChI is InChI=1S/C20H19FNO2.3CH3.Sn/c21-18-9-7-17(8-10-18)19-14-24-20(11-4-12-23-15-20)22(19)13-16-5-2-1-3-6-16;;;;/h1-3,5-11,19H,12-15H2;3*1H3;/t19-,20?;;;;/m1..../s1. The van der Waals surface area contributed by atoms with Crippen molar-refractivity contribution < 1.29 is 13.9 Å². The van der Waals surface area contributed by atoms with Gasteiger partial charge in [0.15, 0.2) is 0 Å². The molecule has 2 aliphatic heterocycles. The van der Waals surface area contributed by atoms with Gasteiger partial charge in [0, 0.05) is 0 Å². The quantitative estimate of drug-likeness (QED) is 0.571. The third-order valence-corrected chi connectivity index (χ3v) is 12.1. The first-order valence-corrected chi connectivity index (χ1v) is 19.9. The Bertz CT molecular complexity index is 847.